The van der Waals surface area contributed by atoms with Crippen LogP contribution < -0.4 is 10.5 Å². The van der Waals surface area contributed by atoms with Gasteiger partial charge >= 0.3 is 0 Å². The molecule has 1 aliphatic heterocycles. The summed E-state index contributed by atoms with van der Waals surface area (Å²) < 4.78 is 5.83. The molecule has 0 aliphatic carbocycles. The van der Waals surface area contributed by atoms with Gasteiger partial charge in [-0.15, -0.1) is 11.3 Å². The van der Waals surface area contributed by atoms with Gasteiger partial charge in [0.1, 0.15) is 28.5 Å². The van der Waals surface area contributed by atoms with Gasteiger partial charge in [0, 0.05) is 29.4 Å². The molecule has 0 radical (unpaired) electrons. The molecule has 1 aromatic carbocycles. The van der Waals surface area contributed by atoms with E-state index in [2.05, 4.69) is 15.0 Å². The molecule has 7 nitrogen and oxygen atoms in total. The third-order valence-corrected chi connectivity index (χ3v) is 6.04. The molecule has 1 aliphatic rings. The number of fused-ring (bicyclic) bond motifs is 3. The van der Waals surface area contributed by atoms with Crippen molar-refractivity contribution in [2.45, 2.75) is 13.0 Å². The Morgan fingerprint density at radius 1 is 1.14 bits per heavy atom. The van der Waals surface area contributed by atoms with Crippen LogP contribution in [0.3, 0.4) is 0 Å². The number of nitrogen functional groups attached to an aromatic ring is 1. The van der Waals surface area contributed by atoms with Gasteiger partial charge in [-0.05, 0) is 42.3 Å². The van der Waals surface area contributed by atoms with Gasteiger partial charge in [0.15, 0.2) is 0 Å². The molecule has 4 heterocycles. The smallest absolute Gasteiger partial charge is 0.254 e. The highest BCUT2D eigenvalue weighted by Crippen LogP contribution is 2.36. The predicted octanol–water partition coefficient (Wildman–Crippen LogP) is 3.66. The van der Waals surface area contributed by atoms with Crippen LogP contribution in [0, 0.1) is 0 Å². The van der Waals surface area contributed by atoms with Crippen molar-refractivity contribution in [3.05, 3.63) is 71.1 Å². The molecule has 144 valence electrons. The largest absolute Gasteiger partial charge is 0.457 e. The number of amides is 1. The lowest BCUT2D eigenvalue weighted by Gasteiger charge is -2.27. The van der Waals surface area contributed by atoms with Crippen molar-refractivity contribution in [3.63, 3.8) is 0 Å². The zero-order chi connectivity index (χ0) is 19.8. The van der Waals surface area contributed by atoms with Crippen LogP contribution in [0.2, 0.25) is 0 Å². The van der Waals surface area contributed by atoms with Crippen LogP contribution in [0.4, 0.5) is 5.82 Å². The van der Waals surface area contributed by atoms with Crippen LogP contribution in [0.15, 0.2) is 55.1 Å². The van der Waals surface area contributed by atoms with Crippen molar-refractivity contribution in [2.24, 2.45) is 0 Å². The SMILES string of the molecule is Nc1ncnc2sc3c(c12)CCN(C(=O)c1cccc(Oc2ccncc2)c1)C3. The molecular weight excluding hydrogens is 386 g/mol. The Morgan fingerprint density at radius 2 is 2.00 bits per heavy atom. The van der Waals surface area contributed by atoms with E-state index >= 15 is 0 Å². The zero-order valence-electron chi connectivity index (χ0n) is 15.4. The molecule has 0 spiro atoms. The van der Waals surface area contributed by atoms with Crippen LogP contribution in [-0.4, -0.2) is 32.3 Å². The number of nitrogens with zero attached hydrogens (tertiary/aromatic N) is 4. The Hall–Kier alpha value is -3.52. The van der Waals surface area contributed by atoms with Crippen molar-refractivity contribution in [3.8, 4) is 11.5 Å². The molecule has 4 aromatic rings. The molecule has 29 heavy (non-hydrogen) atoms. The van der Waals surface area contributed by atoms with Gasteiger partial charge in [-0.1, -0.05) is 6.07 Å². The summed E-state index contributed by atoms with van der Waals surface area (Å²) in [4.78, 5) is 29.4. The van der Waals surface area contributed by atoms with Gasteiger partial charge in [-0.25, -0.2) is 9.97 Å². The minimum atomic E-state index is -0.0210. The van der Waals surface area contributed by atoms with E-state index in [-0.39, 0.29) is 5.91 Å². The minimum Gasteiger partial charge on any atom is -0.457 e. The van der Waals surface area contributed by atoms with Crippen molar-refractivity contribution in [1.82, 2.24) is 19.9 Å². The molecule has 3 aromatic heterocycles. The number of pyridine rings is 1. The van der Waals surface area contributed by atoms with Gasteiger partial charge in [0.25, 0.3) is 5.91 Å². The molecule has 0 fully saturated rings. The maximum absolute atomic E-state index is 13.1. The van der Waals surface area contributed by atoms with E-state index < -0.39 is 0 Å². The molecule has 0 atom stereocenters. The maximum Gasteiger partial charge on any atom is 0.254 e. The number of anilines is 1. The molecule has 2 N–H and O–H groups in total. The summed E-state index contributed by atoms with van der Waals surface area (Å²) in [6, 6.07) is 10.8. The van der Waals surface area contributed by atoms with Gasteiger partial charge in [-0.2, -0.15) is 0 Å². The Morgan fingerprint density at radius 3 is 2.86 bits per heavy atom. The monoisotopic (exact) mass is 403 g/mol. The van der Waals surface area contributed by atoms with Crippen molar-refractivity contribution in [1.29, 1.82) is 0 Å². The minimum absolute atomic E-state index is 0.0210. The molecular formula is C21H17N5O2S. The van der Waals surface area contributed by atoms with Crippen LogP contribution >= 0.6 is 11.3 Å². The molecule has 5 rings (SSSR count). The number of hydrogen-bond donors (Lipinski definition) is 1. The number of rotatable bonds is 3. The Kier molecular flexibility index (Phi) is 4.33. The average Bonchev–Trinajstić information content (AvgIpc) is 3.13. The number of carbonyl (C=O) groups excluding carboxylic acids is 1. The van der Waals surface area contributed by atoms with E-state index in [4.69, 9.17) is 10.5 Å². The second-order valence-corrected chi connectivity index (χ2v) is 7.82. The lowest BCUT2D eigenvalue weighted by molar-refractivity contribution is 0.0737. The lowest BCUT2D eigenvalue weighted by atomic mass is 10.0. The third kappa shape index (κ3) is 3.27. The summed E-state index contributed by atoms with van der Waals surface area (Å²) in [7, 11) is 0. The fourth-order valence-electron chi connectivity index (χ4n) is 3.54. The summed E-state index contributed by atoms with van der Waals surface area (Å²) in [6.07, 6.45) is 5.55. The van der Waals surface area contributed by atoms with Crippen LogP contribution in [0.5, 0.6) is 11.5 Å². The Balaban J connectivity index is 1.38. The van der Waals surface area contributed by atoms with Crippen LogP contribution in [0.25, 0.3) is 10.2 Å². The number of ether oxygens (including phenoxy) is 1. The zero-order valence-corrected chi connectivity index (χ0v) is 16.2. The molecule has 0 saturated carbocycles. The van der Waals surface area contributed by atoms with E-state index in [0.29, 0.717) is 36.0 Å². The lowest BCUT2D eigenvalue weighted by Crippen LogP contribution is -2.35. The number of thiophene rings is 1. The number of nitrogens with two attached hydrogens (primary N) is 1. The van der Waals surface area contributed by atoms with Gasteiger partial charge in [0.05, 0.1) is 11.9 Å². The van der Waals surface area contributed by atoms with Gasteiger partial charge < -0.3 is 15.4 Å². The van der Waals surface area contributed by atoms with E-state index in [9.17, 15) is 4.79 Å². The second kappa shape index (κ2) is 7.14. The fourth-order valence-corrected chi connectivity index (χ4v) is 4.75. The first-order valence-corrected chi connectivity index (χ1v) is 9.98. The first kappa shape index (κ1) is 17.6. The maximum atomic E-state index is 13.1. The van der Waals surface area contributed by atoms with Gasteiger partial charge in [0.2, 0.25) is 0 Å². The molecule has 8 heteroatoms. The highest BCUT2D eigenvalue weighted by Gasteiger charge is 2.26. The summed E-state index contributed by atoms with van der Waals surface area (Å²) in [5.74, 6) is 1.78. The number of carbonyl (C=O) groups is 1. The van der Waals surface area contributed by atoms with E-state index in [1.807, 2.05) is 23.1 Å². The fraction of sp³-hybridized carbons (Fsp3) is 0.143. The normalized spacial score (nSPS) is 13.3. The summed E-state index contributed by atoms with van der Waals surface area (Å²) >= 11 is 1.58. The Bertz CT molecular complexity index is 1210. The topological polar surface area (TPSA) is 94.2 Å². The highest BCUT2D eigenvalue weighted by atomic mass is 32.1. The summed E-state index contributed by atoms with van der Waals surface area (Å²) in [6.45, 7) is 1.17. The first-order chi connectivity index (χ1) is 14.2. The van der Waals surface area contributed by atoms with E-state index in [1.165, 1.54) is 11.9 Å². The van der Waals surface area contributed by atoms with Crippen molar-refractivity contribution >= 4 is 33.3 Å². The van der Waals surface area contributed by atoms with E-state index in [1.54, 1.807) is 41.9 Å². The number of benzene rings is 1. The third-order valence-electron chi connectivity index (χ3n) is 4.92. The molecule has 1 amide bonds. The van der Waals surface area contributed by atoms with Gasteiger partial charge in [-0.3, -0.25) is 9.78 Å². The average molecular weight is 403 g/mol. The Labute approximate surface area is 170 Å². The molecule has 0 saturated heterocycles. The highest BCUT2D eigenvalue weighted by molar-refractivity contribution is 7.19. The summed E-state index contributed by atoms with van der Waals surface area (Å²) in [5, 5.41) is 0.937. The summed E-state index contributed by atoms with van der Waals surface area (Å²) in [5.41, 5.74) is 7.81. The second-order valence-electron chi connectivity index (χ2n) is 6.73. The molecule has 0 bridgehead atoms. The number of aromatic nitrogens is 3. The first-order valence-electron chi connectivity index (χ1n) is 9.17. The van der Waals surface area contributed by atoms with E-state index in [0.717, 1.165) is 21.5 Å². The van der Waals surface area contributed by atoms with Crippen molar-refractivity contribution in [2.75, 3.05) is 12.3 Å². The van der Waals surface area contributed by atoms with Crippen LogP contribution in [-0.2, 0) is 13.0 Å². The number of hydrogen-bond acceptors (Lipinski definition) is 7. The quantitative estimate of drug-likeness (QED) is 0.561. The van der Waals surface area contributed by atoms with Crippen LogP contribution in [0.1, 0.15) is 20.8 Å². The van der Waals surface area contributed by atoms with Crippen molar-refractivity contribution < 1.29 is 9.53 Å². The standard InChI is InChI=1S/C21H17N5O2S/c22-19-18-16-6-9-26(11-17(16)29-20(18)25-12-24-19)21(27)13-2-1-3-15(10-13)28-14-4-7-23-8-5-14/h1-5,7-8,10,12H,6,9,11H2,(H2,22,24,25). The predicted molar refractivity (Wildman–Crippen MR) is 111 cm³/mol. The molecule has 0 unspecified atom stereocenters.